The van der Waals surface area contributed by atoms with Crippen LogP contribution in [0, 0.1) is 12.8 Å². The lowest BCUT2D eigenvalue weighted by molar-refractivity contribution is 0.00200. The molecule has 0 saturated carbocycles. The van der Waals surface area contributed by atoms with Crippen LogP contribution >= 0.6 is 11.3 Å². The third-order valence-corrected chi connectivity index (χ3v) is 6.80. The number of hydrogen-bond acceptors (Lipinski definition) is 6. The van der Waals surface area contributed by atoms with Gasteiger partial charge in [-0.2, -0.15) is 0 Å². The number of benzene rings is 1. The summed E-state index contributed by atoms with van der Waals surface area (Å²) in [6, 6.07) is 7.43. The zero-order chi connectivity index (χ0) is 20.3. The Morgan fingerprint density at radius 1 is 1.24 bits per heavy atom. The molecule has 8 heteroatoms. The van der Waals surface area contributed by atoms with Gasteiger partial charge in [0.1, 0.15) is 16.4 Å². The normalized spacial score (nSPS) is 16.7. The smallest absolute Gasteiger partial charge is 0.268 e. The van der Waals surface area contributed by atoms with Gasteiger partial charge in [-0.1, -0.05) is 13.8 Å². The molecule has 0 amide bonds. The van der Waals surface area contributed by atoms with Crippen molar-refractivity contribution in [1.82, 2.24) is 19.2 Å². The van der Waals surface area contributed by atoms with E-state index in [4.69, 9.17) is 9.47 Å². The van der Waals surface area contributed by atoms with Crippen LogP contribution in [0.1, 0.15) is 30.1 Å². The largest absolute Gasteiger partial charge is 0.497 e. The van der Waals surface area contributed by atoms with Crippen molar-refractivity contribution in [1.29, 1.82) is 0 Å². The van der Waals surface area contributed by atoms with E-state index in [0.29, 0.717) is 18.3 Å². The van der Waals surface area contributed by atoms with Gasteiger partial charge in [-0.05, 0) is 42.7 Å². The number of rotatable bonds is 3. The standard InChI is InChI=1S/C21H22N4O3S/c1-11(2)16-9-15-17(10-28-16)29-20-18(15)19(26)25(21-23-22-12(3)24(20)21)13-5-7-14(27-4)8-6-13/h5-8,11,16H,9-10H2,1-4H3/t16-/m1/s1. The Hall–Kier alpha value is -2.71. The molecule has 0 unspecified atom stereocenters. The Morgan fingerprint density at radius 3 is 2.69 bits per heavy atom. The van der Waals surface area contributed by atoms with Gasteiger partial charge >= 0.3 is 0 Å². The molecule has 3 aromatic heterocycles. The zero-order valence-corrected chi connectivity index (χ0v) is 17.6. The first-order valence-corrected chi connectivity index (χ1v) is 10.5. The van der Waals surface area contributed by atoms with Crippen LogP contribution in [0.25, 0.3) is 21.7 Å². The van der Waals surface area contributed by atoms with E-state index >= 15 is 0 Å². The molecule has 4 aromatic rings. The maximum atomic E-state index is 13.7. The van der Waals surface area contributed by atoms with Crippen molar-refractivity contribution < 1.29 is 9.47 Å². The molecular formula is C21H22N4O3S. The molecule has 0 saturated heterocycles. The van der Waals surface area contributed by atoms with Gasteiger partial charge in [-0.15, -0.1) is 21.5 Å². The van der Waals surface area contributed by atoms with Crippen LogP contribution in [-0.2, 0) is 17.8 Å². The SMILES string of the molecule is COc1ccc(-n2c(=O)c3c4c(sc3n3c(C)nnc23)CO[C@@H](C(C)C)C4)cc1. The molecule has 0 N–H and O–H groups in total. The van der Waals surface area contributed by atoms with Gasteiger partial charge in [0.15, 0.2) is 0 Å². The second-order valence-electron chi connectivity index (χ2n) is 7.70. The molecule has 7 nitrogen and oxygen atoms in total. The molecular weight excluding hydrogens is 388 g/mol. The maximum absolute atomic E-state index is 13.7. The van der Waals surface area contributed by atoms with E-state index in [1.807, 2.05) is 35.6 Å². The highest BCUT2D eigenvalue weighted by atomic mass is 32.1. The third-order valence-electron chi connectivity index (χ3n) is 5.61. The highest BCUT2D eigenvalue weighted by molar-refractivity contribution is 7.18. The summed E-state index contributed by atoms with van der Waals surface area (Å²) in [5.41, 5.74) is 1.78. The first-order chi connectivity index (χ1) is 14.0. The molecule has 1 aliphatic rings. The van der Waals surface area contributed by atoms with Crippen LogP contribution in [-0.4, -0.2) is 32.4 Å². The van der Waals surface area contributed by atoms with Crippen LogP contribution < -0.4 is 10.3 Å². The monoisotopic (exact) mass is 410 g/mol. The van der Waals surface area contributed by atoms with Gasteiger partial charge in [0.2, 0.25) is 5.78 Å². The fourth-order valence-corrected chi connectivity index (χ4v) is 5.27. The summed E-state index contributed by atoms with van der Waals surface area (Å²) in [4.78, 5) is 15.8. The van der Waals surface area contributed by atoms with Gasteiger partial charge in [-0.25, -0.2) is 4.57 Å². The first-order valence-electron chi connectivity index (χ1n) is 9.66. The predicted octanol–water partition coefficient (Wildman–Crippen LogP) is 3.51. The molecule has 5 rings (SSSR count). The van der Waals surface area contributed by atoms with Crippen molar-refractivity contribution in [2.24, 2.45) is 5.92 Å². The summed E-state index contributed by atoms with van der Waals surface area (Å²) in [6.07, 6.45) is 0.865. The Bertz CT molecular complexity index is 1280. The number of methoxy groups -OCH3 is 1. The predicted molar refractivity (Wildman–Crippen MR) is 112 cm³/mol. The van der Waals surface area contributed by atoms with Crippen molar-refractivity contribution in [3.8, 4) is 11.4 Å². The lowest BCUT2D eigenvalue weighted by Crippen LogP contribution is -2.28. The van der Waals surface area contributed by atoms with Gasteiger partial charge in [-0.3, -0.25) is 9.20 Å². The van der Waals surface area contributed by atoms with E-state index in [1.54, 1.807) is 23.0 Å². The molecule has 0 aliphatic carbocycles. The van der Waals surface area contributed by atoms with Crippen molar-refractivity contribution in [2.45, 2.75) is 39.9 Å². The number of fused-ring (bicyclic) bond motifs is 5. The van der Waals surface area contributed by atoms with E-state index in [0.717, 1.165) is 44.3 Å². The number of aromatic nitrogens is 4. The maximum Gasteiger partial charge on any atom is 0.268 e. The Kier molecular flexibility index (Phi) is 4.22. The fourth-order valence-electron chi connectivity index (χ4n) is 3.98. The second-order valence-corrected chi connectivity index (χ2v) is 8.79. The molecule has 1 atom stereocenters. The van der Waals surface area contributed by atoms with Crippen LogP contribution in [0.4, 0.5) is 0 Å². The first kappa shape index (κ1) is 18.3. The second kappa shape index (κ2) is 6.67. The zero-order valence-electron chi connectivity index (χ0n) is 16.8. The van der Waals surface area contributed by atoms with E-state index in [9.17, 15) is 4.79 Å². The van der Waals surface area contributed by atoms with Crippen molar-refractivity contribution in [3.05, 3.63) is 50.9 Å². The molecule has 0 fully saturated rings. The van der Waals surface area contributed by atoms with Gasteiger partial charge < -0.3 is 9.47 Å². The fraction of sp³-hybridized carbons (Fsp3) is 0.381. The Morgan fingerprint density at radius 2 is 2.00 bits per heavy atom. The van der Waals surface area contributed by atoms with Gasteiger partial charge in [0.05, 0.1) is 30.9 Å². The average molecular weight is 410 g/mol. The van der Waals surface area contributed by atoms with Gasteiger partial charge in [0.25, 0.3) is 5.56 Å². The lowest BCUT2D eigenvalue weighted by atomic mass is 9.96. The van der Waals surface area contributed by atoms with Gasteiger partial charge in [0, 0.05) is 11.3 Å². The van der Waals surface area contributed by atoms with Crippen LogP contribution in [0.2, 0.25) is 0 Å². The number of nitrogens with zero attached hydrogens (tertiary/aromatic N) is 4. The molecule has 1 aliphatic heterocycles. The van der Waals surface area contributed by atoms with E-state index in [1.165, 1.54) is 0 Å². The minimum Gasteiger partial charge on any atom is -0.497 e. The summed E-state index contributed by atoms with van der Waals surface area (Å²) >= 11 is 1.61. The van der Waals surface area contributed by atoms with Crippen molar-refractivity contribution in [3.63, 3.8) is 0 Å². The Labute approximate surface area is 171 Å². The number of ether oxygens (including phenoxy) is 2. The topological polar surface area (TPSA) is 70.7 Å². The van der Waals surface area contributed by atoms with Crippen molar-refractivity contribution >= 4 is 27.3 Å². The molecule has 29 heavy (non-hydrogen) atoms. The highest BCUT2D eigenvalue weighted by Crippen LogP contribution is 2.36. The third kappa shape index (κ3) is 2.70. The number of thiophene rings is 1. The Balaban J connectivity index is 1.84. The molecule has 150 valence electrons. The average Bonchev–Trinajstić information content (AvgIpc) is 3.28. The molecule has 0 radical (unpaired) electrons. The molecule has 4 heterocycles. The van der Waals surface area contributed by atoms with Crippen LogP contribution in [0.15, 0.2) is 29.1 Å². The minimum atomic E-state index is -0.0630. The van der Waals surface area contributed by atoms with E-state index in [2.05, 4.69) is 24.0 Å². The summed E-state index contributed by atoms with van der Waals surface area (Å²) in [6.45, 7) is 6.76. The quantitative estimate of drug-likeness (QED) is 0.517. The van der Waals surface area contributed by atoms with Crippen molar-refractivity contribution in [2.75, 3.05) is 7.11 Å². The van der Waals surface area contributed by atoms with E-state index < -0.39 is 0 Å². The minimum absolute atomic E-state index is 0.0630. The summed E-state index contributed by atoms with van der Waals surface area (Å²) < 4.78 is 14.9. The number of aryl methyl sites for hydroxylation is 1. The molecule has 1 aromatic carbocycles. The molecule has 0 bridgehead atoms. The lowest BCUT2D eigenvalue weighted by Gasteiger charge is -2.26. The number of hydrogen-bond donors (Lipinski definition) is 0. The highest BCUT2D eigenvalue weighted by Gasteiger charge is 2.29. The summed E-state index contributed by atoms with van der Waals surface area (Å²) in [5, 5.41) is 9.33. The molecule has 0 spiro atoms. The van der Waals surface area contributed by atoms with Crippen LogP contribution in [0.3, 0.4) is 0 Å². The summed E-state index contributed by atoms with van der Waals surface area (Å²) in [5.74, 6) is 2.40. The van der Waals surface area contributed by atoms with E-state index in [-0.39, 0.29) is 11.7 Å². The summed E-state index contributed by atoms with van der Waals surface area (Å²) in [7, 11) is 1.62. The van der Waals surface area contributed by atoms with Crippen LogP contribution in [0.5, 0.6) is 5.75 Å².